The third kappa shape index (κ3) is 4.39. The second-order valence-corrected chi connectivity index (χ2v) is 7.65. The van der Waals surface area contributed by atoms with E-state index in [0.717, 1.165) is 38.8 Å². The van der Waals surface area contributed by atoms with Crippen molar-refractivity contribution >= 4 is 16.7 Å². The molecule has 0 spiro atoms. The minimum atomic E-state index is 0.307. The number of carbonyl (C=O) groups excluding carboxylic acids is 1. The molecule has 0 bridgehead atoms. The first-order chi connectivity index (χ1) is 13.3. The summed E-state index contributed by atoms with van der Waals surface area (Å²) in [6.45, 7) is 1.82. The smallest absolute Gasteiger partial charge is 0.222 e. The average Bonchev–Trinajstić information content (AvgIpc) is 2.73. The van der Waals surface area contributed by atoms with Crippen molar-refractivity contribution in [2.24, 2.45) is 5.92 Å². The van der Waals surface area contributed by atoms with Crippen LogP contribution in [0.2, 0.25) is 0 Å². The molecule has 3 aromatic rings. The summed E-state index contributed by atoms with van der Waals surface area (Å²) in [7, 11) is 0. The maximum Gasteiger partial charge on any atom is 0.222 e. The molecule has 1 aliphatic rings. The summed E-state index contributed by atoms with van der Waals surface area (Å²) in [5, 5.41) is 2.53. The van der Waals surface area contributed by atoms with E-state index in [1.165, 1.54) is 21.9 Å². The molecule has 0 unspecified atom stereocenters. The number of amides is 1. The van der Waals surface area contributed by atoms with Crippen molar-refractivity contribution in [3.05, 3.63) is 83.9 Å². The number of benzene rings is 3. The van der Waals surface area contributed by atoms with E-state index in [1.807, 2.05) is 0 Å². The molecule has 0 saturated carbocycles. The summed E-state index contributed by atoms with van der Waals surface area (Å²) in [5.74, 6) is 1.01. The summed E-state index contributed by atoms with van der Waals surface area (Å²) in [4.78, 5) is 14.8. The Hall–Kier alpha value is -2.61. The number of nitrogens with zero attached hydrogens (tertiary/aromatic N) is 1. The Kier molecular flexibility index (Phi) is 5.53. The fraction of sp³-hybridized carbons (Fsp3) is 0.320. The number of likely N-dealkylation sites (tertiary alicyclic amines) is 1. The van der Waals surface area contributed by atoms with Crippen molar-refractivity contribution < 1.29 is 4.79 Å². The molecule has 1 aliphatic heterocycles. The molecular formula is C25H27NO. The van der Waals surface area contributed by atoms with Crippen molar-refractivity contribution in [1.29, 1.82) is 0 Å². The van der Waals surface area contributed by atoms with Crippen LogP contribution in [-0.2, 0) is 17.6 Å². The van der Waals surface area contributed by atoms with Crippen molar-refractivity contribution in [1.82, 2.24) is 4.90 Å². The van der Waals surface area contributed by atoms with Crippen LogP contribution in [0.1, 0.15) is 30.4 Å². The molecule has 0 radical (unpaired) electrons. The minimum Gasteiger partial charge on any atom is -0.343 e. The molecule has 1 fully saturated rings. The standard InChI is InChI=1S/C25H27NO/c27-25(14-13-23-11-6-10-22-9-4-5-12-24(22)23)26-17-15-21(16-18-26)19-20-7-2-1-3-8-20/h1-12,21H,13-19H2. The molecule has 1 saturated heterocycles. The largest absolute Gasteiger partial charge is 0.343 e. The van der Waals surface area contributed by atoms with E-state index >= 15 is 0 Å². The molecule has 0 aliphatic carbocycles. The van der Waals surface area contributed by atoms with Crippen LogP contribution >= 0.6 is 0 Å². The highest BCUT2D eigenvalue weighted by Gasteiger charge is 2.22. The van der Waals surface area contributed by atoms with Crippen LogP contribution in [0.25, 0.3) is 10.8 Å². The maximum absolute atomic E-state index is 12.7. The first-order valence-electron chi connectivity index (χ1n) is 10.1. The fourth-order valence-electron chi connectivity index (χ4n) is 4.24. The number of aryl methyl sites for hydroxylation is 1. The van der Waals surface area contributed by atoms with Gasteiger partial charge in [0, 0.05) is 19.5 Å². The lowest BCUT2D eigenvalue weighted by Crippen LogP contribution is -2.39. The van der Waals surface area contributed by atoms with Gasteiger partial charge >= 0.3 is 0 Å². The fourth-order valence-corrected chi connectivity index (χ4v) is 4.24. The molecule has 1 amide bonds. The first-order valence-corrected chi connectivity index (χ1v) is 10.1. The Labute approximate surface area is 161 Å². The second-order valence-electron chi connectivity index (χ2n) is 7.65. The molecule has 2 heteroatoms. The molecule has 27 heavy (non-hydrogen) atoms. The molecule has 0 atom stereocenters. The Morgan fingerprint density at radius 3 is 2.37 bits per heavy atom. The lowest BCUT2D eigenvalue weighted by atomic mass is 9.90. The van der Waals surface area contributed by atoms with E-state index in [0.29, 0.717) is 18.2 Å². The Morgan fingerprint density at radius 2 is 1.56 bits per heavy atom. The van der Waals surface area contributed by atoms with E-state index in [-0.39, 0.29) is 0 Å². The summed E-state index contributed by atoms with van der Waals surface area (Å²) in [5.41, 5.74) is 2.69. The molecule has 0 aromatic heterocycles. The van der Waals surface area contributed by atoms with Crippen LogP contribution in [0.5, 0.6) is 0 Å². The highest BCUT2D eigenvalue weighted by molar-refractivity contribution is 5.86. The van der Waals surface area contributed by atoms with Crippen molar-refractivity contribution in [3.63, 3.8) is 0 Å². The normalized spacial score (nSPS) is 15.2. The van der Waals surface area contributed by atoms with Gasteiger partial charge in [-0.05, 0) is 53.5 Å². The van der Waals surface area contributed by atoms with E-state index in [1.54, 1.807) is 0 Å². The summed E-state index contributed by atoms with van der Waals surface area (Å²) in [6.07, 6.45) is 4.81. The van der Waals surface area contributed by atoms with Gasteiger partial charge in [-0.25, -0.2) is 0 Å². The van der Waals surface area contributed by atoms with E-state index < -0.39 is 0 Å². The number of hydrogen-bond acceptors (Lipinski definition) is 1. The van der Waals surface area contributed by atoms with Crippen LogP contribution in [0.4, 0.5) is 0 Å². The van der Waals surface area contributed by atoms with Gasteiger partial charge in [-0.15, -0.1) is 0 Å². The molecule has 1 heterocycles. The van der Waals surface area contributed by atoms with Crippen LogP contribution in [0.15, 0.2) is 72.8 Å². The molecular weight excluding hydrogens is 330 g/mol. The summed E-state index contributed by atoms with van der Waals surface area (Å²) >= 11 is 0. The van der Waals surface area contributed by atoms with Gasteiger partial charge < -0.3 is 4.90 Å². The summed E-state index contributed by atoms with van der Waals surface area (Å²) in [6, 6.07) is 25.5. The Bertz CT molecular complexity index is 889. The van der Waals surface area contributed by atoms with Crippen molar-refractivity contribution in [3.8, 4) is 0 Å². The van der Waals surface area contributed by atoms with Crippen molar-refractivity contribution in [2.75, 3.05) is 13.1 Å². The van der Waals surface area contributed by atoms with Crippen LogP contribution in [-0.4, -0.2) is 23.9 Å². The van der Waals surface area contributed by atoms with Gasteiger partial charge in [0.1, 0.15) is 0 Å². The number of piperidine rings is 1. The lowest BCUT2D eigenvalue weighted by Gasteiger charge is -2.32. The van der Waals surface area contributed by atoms with Gasteiger partial charge in [0.05, 0.1) is 0 Å². The van der Waals surface area contributed by atoms with Crippen LogP contribution in [0.3, 0.4) is 0 Å². The molecule has 2 nitrogen and oxygen atoms in total. The minimum absolute atomic E-state index is 0.307. The highest BCUT2D eigenvalue weighted by atomic mass is 16.2. The Morgan fingerprint density at radius 1 is 0.852 bits per heavy atom. The first kappa shape index (κ1) is 17.8. The number of fused-ring (bicyclic) bond motifs is 1. The third-order valence-corrected chi connectivity index (χ3v) is 5.82. The predicted molar refractivity (Wildman–Crippen MR) is 112 cm³/mol. The van der Waals surface area contributed by atoms with Gasteiger partial charge in [0.25, 0.3) is 0 Å². The van der Waals surface area contributed by atoms with E-state index in [2.05, 4.69) is 77.7 Å². The Balaban J connectivity index is 1.29. The van der Waals surface area contributed by atoms with Crippen LogP contribution in [0, 0.1) is 5.92 Å². The number of rotatable bonds is 5. The molecule has 3 aromatic carbocycles. The zero-order chi connectivity index (χ0) is 18.5. The lowest BCUT2D eigenvalue weighted by molar-refractivity contribution is -0.132. The van der Waals surface area contributed by atoms with Gasteiger partial charge in [0.2, 0.25) is 5.91 Å². The van der Waals surface area contributed by atoms with Crippen molar-refractivity contribution in [2.45, 2.75) is 32.1 Å². The highest BCUT2D eigenvalue weighted by Crippen LogP contribution is 2.23. The molecule has 4 rings (SSSR count). The quantitative estimate of drug-likeness (QED) is 0.610. The maximum atomic E-state index is 12.7. The SMILES string of the molecule is O=C(CCc1cccc2ccccc12)N1CCC(Cc2ccccc2)CC1. The second kappa shape index (κ2) is 8.39. The number of hydrogen-bond donors (Lipinski definition) is 0. The van der Waals surface area contributed by atoms with Gasteiger partial charge in [0.15, 0.2) is 0 Å². The monoisotopic (exact) mass is 357 g/mol. The summed E-state index contributed by atoms with van der Waals surface area (Å²) < 4.78 is 0. The molecule has 138 valence electrons. The van der Waals surface area contributed by atoms with Gasteiger partial charge in [-0.2, -0.15) is 0 Å². The molecule has 0 N–H and O–H groups in total. The third-order valence-electron chi connectivity index (χ3n) is 5.82. The zero-order valence-electron chi connectivity index (χ0n) is 15.8. The predicted octanol–water partition coefficient (Wildman–Crippen LogP) is 5.25. The topological polar surface area (TPSA) is 20.3 Å². The number of carbonyl (C=O) groups is 1. The van der Waals surface area contributed by atoms with Crippen LogP contribution < -0.4 is 0 Å². The zero-order valence-corrected chi connectivity index (χ0v) is 15.8. The van der Waals surface area contributed by atoms with E-state index in [9.17, 15) is 4.79 Å². The van der Waals surface area contributed by atoms with Gasteiger partial charge in [-0.3, -0.25) is 4.79 Å². The van der Waals surface area contributed by atoms with E-state index in [4.69, 9.17) is 0 Å². The average molecular weight is 357 g/mol. The van der Waals surface area contributed by atoms with Gasteiger partial charge in [-0.1, -0.05) is 72.8 Å².